The van der Waals surface area contributed by atoms with Crippen LogP contribution in [0.5, 0.6) is 0 Å². The maximum atomic E-state index is 12.2. The third-order valence-electron chi connectivity index (χ3n) is 4.04. The molecule has 1 amide bonds. The molecule has 3 rings (SSSR count). The number of anilines is 1. The summed E-state index contributed by atoms with van der Waals surface area (Å²) in [5, 5.41) is 5.26. The third kappa shape index (κ3) is 3.64. The summed E-state index contributed by atoms with van der Waals surface area (Å²) >= 11 is 0. The van der Waals surface area contributed by atoms with Gasteiger partial charge in [-0.05, 0) is 18.4 Å². The predicted octanol–water partition coefficient (Wildman–Crippen LogP) is 2.89. The second-order valence-corrected chi connectivity index (χ2v) is 5.81. The first-order valence-corrected chi connectivity index (χ1v) is 7.84. The number of ether oxygens (including phenoxy) is 1. The first kappa shape index (κ1) is 15.0. The van der Waals surface area contributed by atoms with Crippen LogP contribution in [0.2, 0.25) is 0 Å². The standard InChI is InChI=1S/C18H22N2O2/c1-14-13-20(11-12-22-14)10-9-18(21)19-17-8-4-6-15-5-2-3-7-16(15)17/h2-8,14H,9-13H2,1H3,(H,19,21). The zero-order chi connectivity index (χ0) is 15.4. The highest BCUT2D eigenvalue weighted by Crippen LogP contribution is 2.23. The zero-order valence-electron chi connectivity index (χ0n) is 12.9. The lowest BCUT2D eigenvalue weighted by atomic mass is 10.1. The average Bonchev–Trinajstić information content (AvgIpc) is 2.53. The van der Waals surface area contributed by atoms with E-state index in [0.717, 1.165) is 42.7 Å². The van der Waals surface area contributed by atoms with Crippen LogP contribution in [0.15, 0.2) is 42.5 Å². The molecule has 4 heteroatoms. The Balaban J connectivity index is 1.59. The lowest BCUT2D eigenvalue weighted by Gasteiger charge is -2.30. The SMILES string of the molecule is CC1CN(CCC(=O)Nc2cccc3ccccc23)CCO1. The Labute approximate surface area is 131 Å². The number of carbonyl (C=O) groups excluding carboxylic acids is 1. The van der Waals surface area contributed by atoms with Gasteiger partial charge in [0.15, 0.2) is 0 Å². The molecule has 4 nitrogen and oxygen atoms in total. The third-order valence-corrected chi connectivity index (χ3v) is 4.04. The minimum absolute atomic E-state index is 0.0653. The second kappa shape index (κ2) is 6.90. The zero-order valence-corrected chi connectivity index (χ0v) is 12.9. The summed E-state index contributed by atoms with van der Waals surface area (Å²) in [7, 11) is 0. The molecule has 1 unspecified atom stereocenters. The highest BCUT2D eigenvalue weighted by atomic mass is 16.5. The van der Waals surface area contributed by atoms with Crippen LogP contribution in [0.3, 0.4) is 0 Å². The minimum Gasteiger partial charge on any atom is -0.376 e. The molecule has 1 N–H and O–H groups in total. The van der Waals surface area contributed by atoms with Crippen molar-refractivity contribution in [3.63, 3.8) is 0 Å². The van der Waals surface area contributed by atoms with E-state index in [1.165, 1.54) is 0 Å². The lowest BCUT2D eigenvalue weighted by Crippen LogP contribution is -2.42. The summed E-state index contributed by atoms with van der Waals surface area (Å²) in [4.78, 5) is 14.5. The number of benzene rings is 2. The van der Waals surface area contributed by atoms with Crippen molar-refractivity contribution < 1.29 is 9.53 Å². The van der Waals surface area contributed by atoms with Gasteiger partial charge in [-0.1, -0.05) is 36.4 Å². The molecular weight excluding hydrogens is 276 g/mol. The molecule has 0 aliphatic carbocycles. The van der Waals surface area contributed by atoms with Crippen LogP contribution >= 0.6 is 0 Å². The van der Waals surface area contributed by atoms with Crippen LogP contribution in [-0.2, 0) is 9.53 Å². The Kier molecular flexibility index (Phi) is 4.71. The summed E-state index contributed by atoms with van der Waals surface area (Å²) < 4.78 is 5.52. The highest BCUT2D eigenvalue weighted by molar-refractivity contribution is 6.02. The maximum Gasteiger partial charge on any atom is 0.225 e. The first-order valence-electron chi connectivity index (χ1n) is 7.84. The van der Waals surface area contributed by atoms with Gasteiger partial charge < -0.3 is 10.1 Å². The Morgan fingerprint density at radius 2 is 2.09 bits per heavy atom. The van der Waals surface area contributed by atoms with Gasteiger partial charge in [0.1, 0.15) is 0 Å². The number of nitrogens with one attached hydrogen (secondary N) is 1. The molecule has 0 aromatic heterocycles. The molecule has 1 fully saturated rings. The van der Waals surface area contributed by atoms with E-state index in [1.807, 2.05) is 30.3 Å². The van der Waals surface area contributed by atoms with Crippen molar-refractivity contribution in [1.29, 1.82) is 0 Å². The van der Waals surface area contributed by atoms with Gasteiger partial charge in [0, 0.05) is 37.1 Å². The number of carbonyl (C=O) groups is 1. The van der Waals surface area contributed by atoms with Crippen LogP contribution in [0.1, 0.15) is 13.3 Å². The average molecular weight is 298 g/mol. The van der Waals surface area contributed by atoms with E-state index < -0.39 is 0 Å². The maximum absolute atomic E-state index is 12.2. The summed E-state index contributed by atoms with van der Waals surface area (Å²) in [6.45, 7) is 5.42. The lowest BCUT2D eigenvalue weighted by molar-refractivity contribution is -0.117. The Hall–Kier alpha value is -1.91. The number of hydrogen-bond acceptors (Lipinski definition) is 3. The Morgan fingerprint density at radius 3 is 2.95 bits per heavy atom. The largest absolute Gasteiger partial charge is 0.376 e. The fraction of sp³-hybridized carbons (Fsp3) is 0.389. The predicted molar refractivity (Wildman–Crippen MR) is 89.0 cm³/mol. The number of nitrogens with zero attached hydrogens (tertiary/aromatic N) is 1. The monoisotopic (exact) mass is 298 g/mol. The molecule has 1 heterocycles. The normalized spacial score (nSPS) is 19.2. The summed E-state index contributed by atoms with van der Waals surface area (Å²) in [6.07, 6.45) is 0.769. The number of hydrogen-bond donors (Lipinski definition) is 1. The van der Waals surface area contributed by atoms with E-state index in [9.17, 15) is 4.79 Å². The van der Waals surface area contributed by atoms with Crippen molar-refractivity contribution in [3.8, 4) is 0 Å². The van der Waals surface area contributed by atoms with Crippen molar-refractivity contribution in [2.24, 2.45) is 0 Å². The fourth-order valence-corrected chi connectivity index (χ4v) is 2.90. The molecule has 2 aromatic rings. The van der Waals surface area contributed by atoms with Crippen LogP contribution in [0.25, 0.3) is 10.8 Å². The molecule has 1 saturated heterocycles. The number of rotatable bonds is 4. The number of amides is 1. The van der Waals surface area contributed by atoms with Crippen LogP contribution in [0.4, 0.5) is 5.69 Å². The van der Waals surface area contributed by atoms with E-state index in [0.29, 0.717) is 6.42 Å². The Bertz CT molecular complexity index is 651. The molecule has 0 saturated carbocycles. The van der Waals surface area contributed by atoms with Gasteiger partial charge in [0.25, 0.3) is 0 Å². The quantitative estimate of drug-likeness (QED) is 0.943. The summed E-state index contributed by atoms with van der Waals surface area (Å²) in [6, 6.07) is 14.1. The van der Waals surface area contributed by atoms with E-state index in [1.54, 1.807) is 0 Å². The van der Waals surface area contributed by atoms with E-state index in [-0.39, 0.29) is 12.0 Å². The second-order valence-electron chi connectivity index (χ2n) is 5.81. The van der Waals surface area contributed by atoms with Crippen LogP contribution in [0, 0.1) is 0 Å². The fourth-order valence-electron chi connectivity index (χ4n) is 2.90. The topological polar surface area (TPSA) is 41.6 Å². The first-order chi connectivity index (χ1) is 10.7. The molecule has 1 aliphatic heterocycles. The van der Waals surface area contributed by atoms with Gasteiger partial charge in [-0.15, -0.1) is 0 Å². The number of morpholine rings is 1. The highest BCUT2D eigenvalue weighted by Gasteiger charge is 2.17. The van der Waals surface area contributed by atoms with E-state index in [4.69, 9.17) is 4.74 Å². The van der Waals surface area contributed by atoms with Gasteiger partial charge in [-0.25, -0.2) is 0 Å². The van der Waals surface area contributed by atoms with Crippen molar-refractivity contribution in [1.82, 2.24) is 4.90 Å². The van der Waals surface area contributed by atoms with Crippen molar-refractivity contribution in [3.05, 3.63) is 42.5 Å². The van der Waals surface area contributed by atoms with Crippen LogP contribution in [-0.4, -0.2) is 43.2 Å². The van der Waals surface area contributed by atoms with Gasteiger partial charge in [0.05, 0.1) is 12.7 Å². The van der Waals surface area contributed by atoms with Crippen molar-refractivity contribution >= 4 is 22.4 Å². The molecule has 1 aliphatic rings. The van der Waals surface area contributed by atoms with Gasteiger partial charge >= 0.3 is 0 Å². The van der Waals surface area contributed by atoms with E-state index in [2.05, 4.69) is 29.3 Å². The molecule has 22 heavy (non-hydrogen) atoms. The van der Waals surface area contributed by atoms with Gasteiger partial charge in [-0.3, -0.25) is 9.69 Å². The molecule has 1 atom stereocenters. The summed E-state index contributed by atoms with van der Waals surface area (Å²) in [5.41, 5.74) is 0.887. The molecule has 0 spiro atoms. The van der Waals surface area contributed by atoms with Gasteiger partial charge in [0.2, 0.25) is 5.91 Å². The molecule has 2 aromatic carbocycles. The molecule has 116 valence electrons. The molecule has 0 radical (unpaired) electrons. The smallest absolute Gasteiger partial charge is 0.225 e. The molecule has 0 bridgehead atoms. The van der Waals surface area contributed by atoms with E-state index >= 15 is 0 Å². The van der Waals surface area contributed by atoms with Gasteiger partial charge in [-0.2, -0.15) is 0 Å². The number of fused-ring (bicyclic) bond motifs is 1. The Morgan fingerprint density at radius 1 is 1.27 bits per heavy atom. The van der Waals surface area contributed by atoms with Crippen LogP contribution < -0.4 is 5.32 Å². The van der Waals surface area contributed by atoms with Crippen molar-refractivity contribution in [2.75, 3.05) is 31.6 Å². The molecular formula is C18H22N2O2. The summed E-state index contributed by atoms with van der Waals surface area (Å²) in [5.74, 6) is 0.0653. The van der Waals surface area contributed by atoms with Crippen molar-refractivity contribution in [2.45, 2.75) is 19.4 Å². The minimum atomic E-state index is 0.0653.